The van der Waals surface area contributed by atoms with Gasteiger partial charge < -0.3 is 14.8 Å². The van der Waals surface area contributed by atoms with Gasteiger partial charge in [0.15, 0.2) is 0 Å². The Morgan fingerprint density at radius 1 is 1.24 bits per heavy atom. The highest BCUT2D eigenvalue weighted by Gasteiger charge is 2.43. The van der Waals surface area contributed by atoms with Gasteiger partial charge in [-0.15, -0.1) is 0 Å². The van der Waals surface area contributed by atoms with Crippen LogP contribution in [0.5, 0.6) is 0 Å². The molecule has 2 aliphatic rings. The van der Waals surface area contributed by atoms with Crippen molar-refractivity contribution < 1.29 is 18.4 Å². The van der Waals surface area contributed by atoms with Gasteiger partial charge in [0.05, 0.1) is 11.9 Å². The van der Waals surface area contributed by atoms with Crippen LogP contribution >= 0.6 is 0 Å². The third kappa shape index (κ3) is 4.16. The summed E-state index contributed by atoms with van der Waals surface area (Å²) in [6, 6.07) is 3.05. The van der Waals surface area contributed by atoms with Crippen molar-refractivity contribution in [2.45, 2.75) is 32.1 Å². The fraction of sp³-hybridized carbons (Fsp3) is 0.476. The fourth-order valence-corrected chi connectivity index (χ4v) is 4.53. The number of H-pyrrole nitrogens is 1. The number of carbonyl (C=O) groups excluding carboxylic acids is 2. The molecule has 0 radical (unpaired) electrons. The summed E-state index contributed by atoms with van der Waals surface area (Å²) in [4.78, 5) is 35.9. The number of aromatic amines is 1. The van der Waals surface area contributed by atoms with E-state index in [1.54, 1.807) is 17.4 Å². The van der Waals surface area contributed by atoms with Gasteiger partial charge in [-0.25, -0.2) is 13.8 Å². The minimum Gasteiger partial charge on any atom is -0.348 e. The highest BCUT2D eigenvalue weighted by atomic mass is 19.1. The molecule has 2 saturated heterocycles. The van der Waals surface area contributed by atoms with E-state index in [2.05, 4.69) is 9.97 Å². The summed E-state index contributed by atoms with van der Waals surface area (Å²) < 4.78 is 27.3. The van der Waals surface area contributed by atoms with Gasteiger partial charge in [0.1, 0.15) is 11.6 Å². The number of nitrogens with one attached hydrogen (secondary N) is 1. The zero-order chi connectivity index (χ0) is 20.4. The molecule has 1 aromatic carbocycles. The maximum absolute atomic E-state index is 14.1. The number of benzene rings is 1. The van der Waals surface area contributed by atoms with Crippen molar-refractivity contribution in [2.75, 3.05) is 26.2 Å². The van der Waals surface area contributed by atoms with Crippen LogP contribution in [0.2, 0.25) is 0 Å². The molecule has 1 spiro atoms. The molecule has 2 aromatic rings. The number of nitrogens with zero attached hydrogens (tertiary/aromatic N) is 3. The molecular weight excluding hydrogens is 378 g/mol. The Morgan fingerprint density at radius 3 is 2.86 bits per heavy atom. The fourth-order valence-electron chi connectivity index (χ4n) is 4.53. The SMILES string of the molecule is O=C1CC[C@@]2(CCCN(C(=O)c3ccc(F)cc3F)C2)CN1CCc1cnc[nH]1. The molecule has 2 amide bonds. The molecule has 2 fully saturated rings. The number of hydrogen-bond donors (Lipinski definition) is 1. The molecule has 4 rings (SSSR count). The normalized spacial score (nSPS) is 22.3. The molecule has 8 heteroatoms. The van der Waals surface area contributed by atoms with E-state index in [4.69, 9.17) is 0 Å². The molecular formula is C21H24F2N4O2. The Morgan fingerprint density at radius 2 is 2.10 bits per heavy atom. The van der Waals surface area contributed by atoms with Crippen molar-refractivity contribution in [3.63, 3.8) is 0 Å². The second-order valence-electron chi connectivity index (χ2n) is 8.10. The zero-order valence-corrected chi connectivity index (χ0v) is 16.2. The first-order chi connectivity index (χ1) is 14.0. The highest BCUT2D eigenvalue weighted by molar-refractivity contribution is 5.94. The largest absolute Gasteiger partial charge is 0.348 e. The molecule has 0 saturated carbocycles. The van der Waals surface area contributed by atoms with E-state index in [0.29, 0.717) is 39.0 Å². The van der Waals surface area contributed by atoms with Gasteiger partial charge in [-0.05, 0) is 31.4 Å². The molecule has 0 unspecified atom stereocenters. The van der Waals surface area contributed by atoms with Crippen molar-refractivity contribution in [2.24, 2.45) is 5.41 Å². The van der Waals surface area contributed by atoms with Crippen LogP contribution in [0.1, 0.15) is 41.7 Å². The van der Waals surface area contributed by atoms with Gasteiger partial charge in [0, 0.05) is 62.4 Å². The summed E-state index contributed by atoms with van der Waals surface area (Å²) in [6.07, 6.45) is 6.98. The van der Waals surface area contributed by atoms with Crippen LogP contribution in [0.4, 0.5) is 8.78 Å². The summed E-state index contributed by atoms with van der Waals surface area (Å²) >= 11 is 0. The van der Waals surface area contributed by atoms with Gasteiger partial charge in [-0.3, -0.25) is 9.59 Å². The van der Waals surface area contributed by atoms with Gasteiger partial charge in [0.25, 0.3) is 5.91 Å². The van der Waals surface area contributed by atoms with Crippen molar-refractivity contribution in [3.05, 3.63) is 53.6 Å². The topological polar surface area (TPSA) is 69.3 Å². The number of aromatic nitrogens is 2. The molecule has 6 nitrogen and oxygen atoms in total. The number of likely N-dealkylation sites (tertiary alicyclic amines) is 2. The Labute approximate surface area is 167 Å². The molecule has 1 atom stereocenters. The van der Waals surface area contributed by atoms with Gasteiger partial charge in [0.2, 0.25) is 5.91 Å². The Balaban J connectivity index is 1.45. The van der Waals surface area contributed by atoms with E-state index in [1.165, 1.54) is 6.07 Å². The summed E-state index contributed by atoms with van der Waals surface area (Å²) in [5.41, 5.74) is 0.697. The number of halogens is 2. The second-order valence-corrected chi connectivity index (χ2v) is 8.10. The first kappa shape index (κ1) is 19.5. The first-order valence-corrected chi connectivity index (χ1v) is 9.95. The van der Waals surface area contributed by atoms with Crippen LogP contribution in [0.25, 0.3) is 0 Å². The minimum atomic E-state index is -0.838. The molecule has 1 aromatic heterocycles. The van der Waals surface area contributed by atoms with Crippen molar-refractivity contribution in [1.29, 1.82) is 0 Å². The van der Waals surface area contributed by atoms with Crippen LogP contribution in [0.15, 0.2) is 30.7 Å². The average molecular weight is 402 g/mol. The molecule has 29 heavy (non-hydrogen) atoms. The minimum absolute atomic E-state index is 0.105. The van der Waals surface area contributed by atoms with E-state index in [-0.39, 0.29) is 16.9 Å². The lowest BCUT2D eigenvalue weighted by molar-refractivity contribution is -0.138. The third-order valence-corrected chi connectivity index (χ3v) is 6.06. The second kappa shape index (κ2) is 7.93. The number of hydrogen-bond acceptors (Lipinski definition) is 3. The number of rotatable bonds is 4. The van der Waals surface area contributed by atoms with Crippen LogP contribution in [-0.4, -0.2) is 57.8 Å². The average Bonchev–Trinajstić information content (AvgIpc) is 3.22. The van der Waals surface area contributed by atoms with Crippen molar-refractivity contribution in [3.8, 4) is 0 Å². The van der Waals surface area contributed by atoms with E-state index < -0.39 is 17.5 Å². The Hall–Kier alpha value is -2.77. The smallest absolute Gasteiger partial charge is 0.256 e. The van der Waals surface area contributed by atoms with Crippen molar-refractivity contribution in [1.82, 2.24) is 19.8 Å². The predicted octanol–water partition coefficient (Wildman–Crippen LogP) is 2.78. The van der Waals surface area contributed by atoms with Crippen LogP contribution in [-0.2, 0) is 11.2 Å². The van der Waals surface area contributed by atoms with E-state index >= 15 is 0 Å². The van der Waals surface area contributed by atoms with E-state index in [1.807, 2.05) is 4.90 Å². The molecule has 0 bridgehead atoms. The Kier molecular flexibility index (Phi) is 5.34. The van der Waals surface area contributed by atoms with Crippen LogP contribution < -0.4 is 0 Å². The van der Waals surface area contributed by atoms with Crippen LogP contribution in [0.3, 0.4) is 0 Å². The predicted molar refractivity (Wildman–Crippen MR) is 102 cm³/mol. The summed E-state index contributed by atoms with van der Waals surface area (Å²) in [5.74, 6) is -1.83. The van der Waals surface area contributed by atoms with Crippen molar-refractivity contribution >= 4 is 11.8 Å². The standard InChI is InChI=1S/C21H24F2N4O2/c22-15-2-3-17(18(23)10-15)20(29)27-8-1-6-21(13-27)7-4-19(28)26(12-21)9-5-16-11-24-14-25-16/h2-3,10-11,14H,1,4-9,12-13H2,(H,24,25)/t21-/m0/s1. The third-order valence-electron chi connectivity index (χ3n) is 6.06. The van der Waals surface area contributed by atoms with Gasteiger partial charge in [-0.1, -0.05) is 0 Å². The highest BCUT2D eigenvalue weighted by Crippen LogP contribution is 2.39. The van der Waals surface area contributed by atoms with E-state index in [0.717, 1.165) is 37.1 Å². The lowest BCUT2D eigenvalue weighted by Gasteiger charge is -2.48. The molecule has 1 N–H and O–H groups in total. The summed E-state index contributed by atoms with van der Waals surface area (Å²) in [5, 5.41) is 0. The molecule has 3 heterocycles. The zero-order valence-electron chi connectivity index (χ0n) is 16.2. The maximum atomic E-state index is 14.1. The van der Waals surface area contributed by atoms with Crippen LogP contribution in [0, 0.1) is 17.0 Å². The number of imidazole rings is 1. The number of carbonyl (C=O) groups is 2. The van der Waals surface area contributed by atoms with Gasteiger partial charge in [-0.2, -0.15) is 0 Å². The lowest BCUT2D eigenvalue weighted by Crippen LogP contribution is -2.55. The molecule has 0 aliphatic carbocycles. The number of amides is 2. The quantitative estimate of drug-likeness (QED) is 0.855. The lowest BCUT2D eigenvalue weighted by atomic mass is 9.73. The first-order valence-electron chi connectivity index (χ1n) is 9.95. The van der Waals surface area contributed by atoms with Gasteiger partial charge >= 0.3 is 0 Å². The van der Waals surface area contributed by atoms with E-state index in [9.17, 15) is 18.4 Å². The molecule has 2 aliphatic heterocycles. The Bertz CT molecular complexity index is 902. The maximum Gasteiger partial charge on any atom is 0.256 e. The summed E-state index contributed by atoms with van der Waals surface area (Å²) in [6.45, 7) is 2.22. The summed E-state index contributed by atoms with van der Waals surface area (Å²) in [7, 11) is 0. The number of piperidine rings is 2. The monoisotopic (exact) mass is 402 g/mol. The molecule has 154 valence electrons.